The predicted molar refractivity (Wildman–Crippen MR) is 73.2 cm³/mol. The molecule has 19 heavy (non-hydrogen) atoms. The summed E-state index contributed by atoms with van der Waals surface area (Å²) in [5, 5.41) is 3.36. The van der Waals surface area contributed by atoms with Gasteiger partial charge in [0.15, 0.2) is 0 Å². The first-order chi connectivity index (χ1) is 9.24. The maximum atomic E-state index is 11.2. The third-order valence-electron chi connectivity index (χ3n) is 3.88. The predicted octanol–water partition coefficient (Wildman–Crippen LogP) is -0.726. The number of hydrogen-bond donors (Lipinski definition) is 2. The average Bonchev–Trinajstić information content (AvgIpc) is 2.39. The lowest BCUT2D eigenvalue weighted by Gasteiger charge is -2.47. The van der Waals surface area contributed by atoms with E-state index in [0.29, 0.717) is 11.6 Å². The van der Waals surface area contributed by atoms with E-state index in [2.05, 4.69) is 20.1 Å². The number of nitrogens with one attached hydrogen (secondary N) is 1. The monoisotopic (exact) mass is 261 g/mol. The maximum absolute atomic E-state index is 11.2. The summed E-state index contributed by atoms with van der Waals surface area (Å²) in [6, 6.07) is 4.04. The van der Waals surface area contributed by atoms with Gasteiger partial charge in [-0.3, -0.25) is 9.69 Å². The highest BCUT2D eigenvalue weighted by Crippen LogP contribution is 2.22. The van der Waals surface area contributed by atoms with Crippen LogP contribution in [0.1, 0.15) is 10.4 Å². The Bertz CT molecular complexity index is 466. The fourth-order valence-electron chi connectivity index (χ4n) is 2.67. The van der Waals surface area contributed by atoms with Gasteiger partial charge in [0.1, 0.15) is 5.82 Å². The number of pyridine rings is 1. The van der Waals surface area contributed by atoms with E-state index in [1.807, 2.05) is 0 Å². The molecule has 6 nitrogen and oxygen atoms in total. The summed E-state index contributed by atoms with van der Waals surface area (Å²) in [5.74, 6) is 0.450. The van der Waals surface area contributed by atoms with Crippen LogP contribution >= 0.6 is 0 Å². The van der Waals surface area contributed by atoms with Crippen LogP contribution in [0.25, 0.3) is 0 Å². The highest BCUT2D eigenvalue weighted by atomic mass is 16.1. The smallest absolute Gasteiger partial charge is 0.248 e. The number of anilines is 1. The molecule has 0 saturated carbocycles. The van der Waals surface area contributed by atoms with Crippen LogP contribution < -0.4 is 16.0 Å². The summed E-state index contributed by atoms with van der Waals surface area (Å²) in [4.78, 5) is 20.2. The third kappa shape index (κ3) is 2.54. The summed E-state index contributed by atoms with van der Waals surface area (Å²) < 4.78 is 0. The maximum Gasteiger partial charge on any atom is 0.248 e. The quantitative estimate of drug-likeness (QED) is 0.751. The van der Waals surface area contributed by atoms with Gasteiger partial charge < -0.3 is 16.0 Å². The molecule has 0 atom stereocenters. The number of hydrogen-bond acceptors (Lipinski definition) is 5. The van der Waals surface area contributed by atoms with E-state index >= 15 is 0 Å². The zero-order chi connectivity index (χ0) is 13.2. The zero-order valence-electron chi connectivity index (χ0n) is 10.9. The lowest BCUT2D eigenvalue weighted by molar-refractivity contribution is 0.1000. The number of aromatic nitrogens is 1. The fraction of sp³-hybridized carbons (Fsp3) is 0.538. The van der Waals surface area contributed by atoms with Crippen LogP contribution in [0.3, 0.4) is 0 Å². The molecule has 102 valence electrons. The molecule has 1 aromatic heterocycles. The van der Waals surface area contributed by atoms with Gasteiger partial charge in [0.2, 0.25) is 5.91 Å². The first-order valence-corrected chi connectivity index (χ1v) is 6.69. The number of nitrogens with two attached hydrogens (primary N) is 1. The standard InChI is InChI=1S/C13H19N5O/c14-13(19)10-1-2-16-12(7-10)18-8-11(9-18)17-5-3-15-4-6-17/h1-2,7,11,15H,3-6,8-9H2,(H2,14,19). The van der Waals surface area contributed by atoms with Gasteiger partial charge in [-0.05, 0) is 12.1 Å². The number of carbonyl (C=O) groups excluding carboxylic acids is 1. The summed E-state index contributed by atoms with van der Waals surface area (Å²) >= 11 is 0. The lowest BCUT2D eigenvalue weighted by atomic mass is 10.1. The molecule has 0 aliphatic carbocycles. The molecule has 3 rings (SSSR count). The van der Waals surface area contributed by atoms with E-state index in [-0.39, 0.29) is 0 Å². The second kappa shape index (κ2) is 5.14. The first-order valence-electron chi connectivity index (χ1n) is 6.69. The van der Waals surface area contributed by atoms with Crippen molar-refractivity contribution >= 4 is 11.7 Å². The first kappa shape index (κ1) is 12.4. The fourth-order valence-corrected chi connectivity index (χ4v) is 2.67. The highest BCUT2D eigenvalue weighted by molar-refractivity contribution is 5.93. The van der Waals surface area contributed by atoms with E-state index < -0.39 is 5.91 Å². The summed E-state index contributed by atoms with van der Waals surface area (Å²) in [5.41, 5.74) is 5.81. The molecular formula is C13H19N5O. The highest BCUT2D eigenvalue weighted by Gasteiger charge is 2.33. The minimum Gasteiger partial charge on any atom is -0.366 e. The van der Waals surface area contributed by atoms with Crippen LogP contribution in [0, 0.1) is 0 Å². The minimum absolute atomic E-state index is 0.400. The number of amides is 1. The molecule has 1 amide bonds. The van der Waals surface area contributed by atoms with Gasteiger partial charge in [-0.15, -0.1) is 0 Å². The van der Waals surface area contributed by atoms with E-state index in [1.165, 1.54) is 0 Å². The van der Waals surface area contributed by atoms with Crippen molar-refractivity contribution in [3.8, 4) is 0 Å². The van der Waals surface area contributed by atoms with E-state index in [4.69, 9.17) is 5.73 Å². The molecule has 0 spiro atoms. The van der Waals surface area contributed by atoms with E-state index in [1.54, 1.807) is 18.3 Å². The van der Waals surface area contributed by atoms with Gasteiger partial charge in [0, 0.05) is 57.1 Å². The number of nitrogens with zero attached hydrogens (tertiary/aromatic N) is 3. The van der Waals surface area contributed by atoms with Gasteiger partial charge in [-0.25, -0.2) is 4.98 Å². The van der Waals surface area contributed by atoms with Crippen molar-refractivity contribution in [3.05, 3.63) is 23.9 Å². The Morgan fingerprint density at radius 3 is 2.79 bits per heavy atom. The van der Waals surface area contributed by atoms with Crippen molar-refractivity contribution in [1.82, 2.24) is 15.2 Å². The zero-order valence-corrected chi connectivity index (χ0v) is 10.9. The van der Waals surface area contributed by atoms with E-state index in [9.17, 15) is 4.79 Å². The van der Waals surface area contributed by atoms with Gasteiger partial charge in [0.05, 0.1) is 0 Å². The molecular weight excluding hydrogens is 242 g/mol. The van der Waals surface area contributed by atoms with Gasteiger partial charge in [0.25, 0.3) is 0 Å². The SMILES string of the molecule is NC(=O)c1ccnc(N2CC(N3CCNCC3)C2)c1. The van der Waals surface area contributed by atoms with Gasteiger partial charge in [-0.2, -0.15) is 0 Å². The number of carbonyl (C=O) groups is 1. The Balaban J connectivity index is 1.60. The molecule has 2 saturated heterocycles. The van der Waals surface area contributed by atoms with Crippen molar-refractivity contribution in [2.45, 2.75) is 6.04 Å². The van der Waals surface area contributed by atoms with Crippen molar-refractivity contribution in [1.29, 1.82) is 0 Å². The van der Waals surface area contributed by atoms with Gasteiger partial charge >= 0.3 is 0 Å². The van der Waals surface area contributed by atoms with E-state index in [0.717, 1.165) is 45.1 Å². The van der Waals surface area contributed by atoms with Crippen molar-refractivity contribution < 1.29 is 4.79 Å². The van der Waals surface area contributed by atoms with Crippen molar-refractivity contribution in [3.63, 3.8) is 0 Å². The van der Waals surface area contributed by atoms with Crippen LogP contribution in [0.4, 0.5) is 5.82 Å². The Labute approximate surface area is 112 Å². The Kier molecular flexibility index (Phi) is 3.35. The Morgan fingerprint density at radius 1 is 1.37 bits per heavy atom. The summed E-state index contributed by atoms with van der Waals surface area (Å²) in [6.07, 6.45) is 1.65. The van der Waals surface area contributed by atoms with Crippen LogP contribution in [0.5, 0.6) is 0 Å². The molecule has 6 heteroatoms. The minimum atomic E-state index is -0.400. The van der Waals surface area contributed by atoms with Crippen LogP contribution in [0.15, 0.2) is 18.3 Å². The molecule has 2 aliphatic heterocycles. The molecule has 0 bridgehead atoms. The third-order valence-corrected chi connectivity index (χ3v) is 3.88. The molecule has 2 fully saturated rings. The van der Waals surface area contributed by atoms with Gasteiger partial charge in [-0.1, -0.05) is 0 Å². The van der Waals surface area contributed by atoms with Crippen LogP contribution in [0.2, 0.25) is 0 Å². The summed E-state index contributed by atoms with van der Waals surface area (Å²) in [7, 11) is 0. The molecule has 2 aliphatic rings. The molecule has 0 aromatic carbocycles. The normalized spacial score (nSPS) is 21.2. The average molecular weight is 261 g/mol. The Morgan fingerprint density at radius 2 is 2.11 bits per heavy atom. The molecule has 3 N–H and O–H groups in total. The molecule has 1 aromatic rings. The number of rotatable bonds is 3. The second-order valence-corrected chi connectivity index (χ2v) is 5.11. The number of piperazine rings is 1. The number of primary amides is 1. The molecule has 0 unspecified atom stereocenters. The largest absolute Gasteiger partial charge is 0.366 e. The topological polar surface area (TPSA) is 74.5 Å². The summed E-state index contributed by atoms with van der Waals surface area (Å²) in [6.45, 7) is 6.35. The molecule has 3 heterocycles. The second-order valence-electron chi connectivity index (χ2n) is 5.11. The lowest BCUT2D eigenvalue weighted by Crippen LogP contribution is -2.63. The Hall–Kier alpha value is -1.66. The van der Waals surface area contributed by atoms with Crippen molar-refractivity contribution in [2.75, 3.05) is 44.2 Å². The van der Waals surface area contributed by atoms with Crippen LogP contribution in [-0.4, -0.2) is 61.1 Å². The van der Waals surface area contributed by atoms with Crippen LogP contribution in [-0.2, 0) is 0 Å². The molecule has 0 radical (unpaired) electrons. The van der Waals surface area contributed by atoms with Crippen molar-refractivity contribution in [2.24, 2.45) is 5.73 Å².